The standard InChI is InChI=1S/C26H21F3N4O/c27-26(28,29)24-14-23(32-33(24)20-10-8-19(9-11-20)31-25(34)15-30)18-7-12-22-17(13-18)6-5-16-3-1-2-4-21(16)22/h1-14,24,32H,15,30H2,(H,31,34). The molecule has 0 aromatic heterocycles. The number of fused-ring (bicyclic) bond motifs is 3. The molecule has 0 radical (unpaired) electrons. The number of hydrogen-bond donors (Lipinski definition) is 3. The summed E-state index contributed by atoms with van der Waals surface area (Å²) < 4.78 is 41.7. The van der Waals surface area contributed by atoms with Crippen LogP contribution < -0.4 is 21.5 Å². The Morgan fingerprint density at radius 3 is 2.38 bits per heavy atom. The van der Waals surface area contributed by atoms with Crippen molar-refractivity contribution in [3.63, 3.8) is 0 Å². The molecule has 0 saturated carbocycles. The van der Waals surface area contributed by atoms with Gasteiger partial charge in [-0.15, -0.1) is 0 Å². The lowest BCUT2D eigenvalue weighted by Gasteiger charge is -2.28. The van der Waals surface area contributed by atoms with Crippen molar-refractivity contribution in [1.29, 1.82) is 0 Å². The molecule has 1 aliphatic rings. The second-order valence-electron chi connectivity index (χ2n) is 8.07. The van der Waals surface area contributed by atoms with Crippen LogP contribution in [0.2, 0.25) is 0 Å². The van der Waals surface area contributed by atoms with Crippen molar-refractivity contribution >= 4 is 44.5 Å². The first kappa shape index (κ1) is 21.8. The fourth-order valence-electron chi connectivity index (χ4n) is 4.19. The molecule has 1 heterocycles. The lowest BCUT2D eigenvalue weighted by molar-refractivity contribution is -0.137. The Kier molecular flexibility index (Phi) is 5.37. The van der Waals surface area contributed by atoms with Gasteiger partial charge in [-0.05, 0) is 63.5 Å². The summed E-state index contributed by atoms with van der Waals surface area (Å²) >= 11 is 0. The predicted octanol–water partition coefficient (Wildman–Crippen LogP) is 5.19. The highest BCUT2D eigenvalue weighted by molar-refractivity contribution is 6.08. The molecule has 4 aromatic carbocycles. The van der Waals surface area contributed by atoms with E-state index in [1.165, 1.54) is 30.3 Å². The molecule has 1 amide bonds. The van der Waals surface area contributed by atoms with Crippen LogP contribution in [-0.4, -0.2) is 24.7 Å². The van der Waals surface area contributed by atoms with Crippen LogP contribution >= 0.6 is 0 Å². The first-order chi connectivity index (χ1) is 16.3. The molecule has 4 aromatic rings. The molecule has 172 valence electrons. The van der Waals surface area contributed by atoms with E-state index >= 15 is 0 Å². The second kappa shape index (κ2) is 8.39. The van der Waals surface area contributed by atoms with E-state index < -0.39 is 12.2 Å². The lowest BCUT2D eigenvalue weighted by atomic mass is 9.99. The summed E-state index contributed by atoms with van der Waals surface area (Å²) in [7, 11) is 0. The zero-order chi connectivity index (χ0) is 23.9. The van der Waals surface area contributed by atoms with Gasteiger partial charge in [0.15, 0.2) is 6.04 Å². The number of nitrogens with one attached hydrogen (secondary N) is 2. The average Bonchev–Trinajstić information content (AvgIpc) is 3.30. The van der Waals surface area contributed by atoms with Crippen molar-refractivity contribution in [1.82, 2.24) is 5.43 Å². The van der Waals surface area contributed by atoms with Gasteiger partial charge < -0.3 is 11.1 Å². The van der Waals surface area contributed by atoms with E-state index in [2.05, 4.69) is 10.7 Å². The zero-order valence-electron chi connectivity index (χ0n) is 17.9. The molecule has 5 rings (SSSR count). The Hall–Kier alpha value is -4.04. The highest BCUT2D eigenvalue weighted by Crippen LogP contribution is 2.36. The Bertz CT molecular complexity index is 1410. The van der Waals surface area contributed by atoms with Gasteiger partial charge in [-0.25, -0.2) is 0 Å². The Labute approximate surface area is 193 Å². The van der Waals surface area contributed by atoms with E-state index in [4.69, 9.17) is 5.73 Å². The van der Waals surface area contributed by atoms with Gasteiger partial charge in [-0.2, -0.15) is 13.2 Å². The summed E-state index contributed by atoms with van der Waals surface area (Å²) in [4.78, 5) is 11.5. The third-order valence-electron chi connectivity index (χ3n) is 5.85. The van der Waals surface area contributed by atoms with Crippen LogP contribution in [0.15, 0.2) is 84.9 Å². The minimum atomic E-state index is -4.49. The molecule has 34 heavy (non-hydrogen) atoms. The molecule has 0 saturated heterocycles. The molecular formula is C26H21F3N4O. The number of hydrogen-bond acceptors (Lipinski definition) is 4. The smallest absolute Gasteiger partial charge is 0.325 e. The highest BCUT2D eigenvalue weighted by Gasteiger charge is 2.46. The summed E-state index contributed by atoms with van der Waals surface area (Å²) in [6.45, 7) is -0.180. The number of anilines is 2. The van der Waals surface area contributed by atoms with Crippen molar-refractivity contribution in [3.05, 3.63) is 90.5 Å². The molecule has 0 fully saturated rings. The van der Waals surface area contributed by atoms with Crippen LogP contribution in [0.1, 0.15) is 5.56 Å². The Morgan fingerprint density at radius 2 is 1.65 bits per heavy atom. The lowest BCUT2D eigenvalue weighted by Crippen LogP contribution is -2.46. The maximum Gasteiger partial charge on any atom is 0.414 e. The van der Waals surface area contributed by atoms with Crippen molar-refractivity contribution in [2.45, 2.75) is 12.2 Å². The van der Waals surface area contributed by atoms with Crippen molar-refractivity contribution in [2.24, 2.45) is 5.73 Å². The number of alkyl halides is 3. The summed E-state index contributed by atoms with van der Waals surface area (Å²) in [6.07, 6.45) is -3.30. The predicted molar refractivity (Wildman–Crippen MR) is 129 cm³/mol. The van der Waals surface area contributed by atoms with Gasteiger partial charge in [0.1, 0.15) is 0 Å². The van der Waals surface area contributed by atoms with Gasteiger partial charge in [-0.1, -0.05) is 48.5 Å². The molecule has 1 atom stereocenters. The van der Waals surface area contributed by atoms with Gasteiger partial charge >= 0.3 is 6.18 Å². The summed E-state index contributed by atoms with van der Waals surface area (Å²) in [6, 6.07) is 21.9. The SMILES string of the molecule is NCC(=O)Nc1ccc(N2NC(c3ccc4c(ccc5ccccc54)c3)=CC2C(F)(F)F)cc1. The third-order valence-corrected chi connectivity index (χ3v) is 5.85. The molecule has 0 spiro atoms. The molecule has 0 bridgehead atoms. The monoisotopic (exact) mass is 462 g/mol. The van der Waals surface area contributed by atoms with E-state index in [-0.39, 0.29) is 12.5 Å². The van der Waals surface area contributed by atoms with E-state index in [0.29, 0.717) is 22.6 Å². The molecule has 1 unspecified atom stereocenters. The number of hydrazine groups is 1. The Morgan fingerprint density at radius 1 is 0.941 bits per heavy atom. The van der Waals surface area contributed by atoms with Crippen molar-refractivity contribution in [2.75, 3.05) is 16.9 Å². The van der Waals surface area contributed by atoms with Crippen molar-refractivity contribution in [3.8, 4) is 0 Å². The van der Waals surface area contributed by atoms with E-state index in [1.807, 2.05) is 54.6 Å². The van der Waals surface area contributed by atoms with Crippen LogP contribution in [0.3, 0.4) is 0 Å². The number of rotatable bonds is 4. The molecular weight excluding hydrogens is 441 g/mol. The average molecular weight is 462 g/mol. The van der Waals surface area contributed by atoms with Crippen LogP contribution in [0.25, 0.3) is 27.2 Å². The summed E-state index contributed by atoms with van der Waals surface area (Å²) in [5, 5.41) is 7.84. The number of halogens is 3. The first-order valence-electron chi connectivity index (χ1n) is 10.7. The van der Waals surface area contributed by atoms with Gasteiger partial charge in [-0.3, -0.25) is 15.2 Å². The quantitative estimate of drug-likeness (QED) is 0.365. The number of carbonyl (C=O) groups excluding carboxylic acids is 1. The minimum absolute atomic E-state index is 0.180. The first-order valence-corrected chi connectivity index (χ1v) is 10.7. The number of nitrogens with zero attached hydrogens (tertiary/aromatic N) is 1. The van der Waals surface area contributed by atoms with E-state index in [1.54, 1.807) is 0 Å². The number of benzene rings is 4. The van der Waals surface area contributed by atoms with E-state index in [9.17, 15) is 18.0 Å². The molecule has 1 aliphatic heterocycles. The summed E-state index contributed by atoms with van der Waals surface area (Å²) in [5.74, 6) is -0.381. The summed E-state index contributed by atoms with van der Waals surface area (Å²) in [5.41, 5.74) is 10.0. The van der Waals surface area contributed by atoms with Gasteiger partial charge in [0.25, 0.3) is 0 Å². The molecule has 0 aliphatic carbocycles. The molecule has 4 N–H and O–H groups in total. The number of amides is 1. The number of nitrogens with two attached hydrogens (primary N) is 1. The van der Waals surface area contributed by atoms with Gasteiger partial charge in [0, 0.05) is 5.69 Å². The van der Waals surface area contributed by atoms with Crippen LogP contribution in [-0.2, 0) is 4.79 Å². The normalized spacial score (nSPS) is 15.9. The number of carbonyl (C=O) groups is 1. The zero-order valence-corrected chi connectivity index (χ0v) is 17.9. The van der Waals surface area contributed by atoms with E-state index in [0.717, 1.165) is 26.6 Å². The second-order valence-corrected chi connectivity index (χ2v) is 8.07. The molecule has 8 heteroatoms. The third kappa shape index (κ3) is 4.04. The topological polar surface area (TPSA) is 70.4 Å². The minimum Gasteiger partial charge on any atom is -0.325 e. The Balaban J connectivity index is 1.47. The van der Waals surface area contributed by atoms with Crippen LogP contribution in [0.5, 0.6) is 0 Å². The van der Waals surface area contributed by atoms with Gasteiger partial charge in [0.05, 0.1) is 17.9 Å². The van der Waals surface area contributed by atoms with Crippen LogP contribution in [0, 0.1) is 0 Å². The largest absolute Gasteiger partial charge is 0.414 e. The fourth-order valence-corrected chi connectivity index (χ4v) is 4.19. The van der Waals surface area contributed by atoms with Crippen molar-refractivity contribution < 1.29 is 18.0 Å². The van der Waals surface area contributed by atoms with Crippen LogP contribution in [0.4, 0.5) is 24.5 Å². The highest BCUT2D eigenvalue weighted by atomic mass is 19.4. The van der Waals surface area contributed by atoms with Gasteiger partial charge in [0.2, 0.25) is 5.91 Å². The fraction of sp³-hybridized carbons (Fsp3) is 0.115. The maximum atomic E-state index is 13.9. The molecule has 5 nitrogen and oxygen atoms in total. The maximum absolute atomic E-state index is 13.9.